The fourth-order valence-electron chi connectivity index (χ4n) is 7.86. The molecule has 0 radical (unpaired) electrons. The van der Waals surface area contributed by atoms with E-state index in [9.17, 15) is 18.8 Å². The number of hydrogen-bond donors (Lipinski definition) is 3. The highest BCUT2D eigenvalue weighted by atomic mass is 19.1. The molecule has 5 unspecified atom stereocenters. The van der Waals surface area contributed by atoms with Gasteiger partial charge in [-0.05, 0) is 75.8 Å². The molecule has 39 heavy (non-hydrogen) atoms. The quantitative estimate of drug-likeness (QED) is 0.503. The van der Waals surface area contributed by atoms with Gasteiger partial charge >= 0.3 is 0 Å². The average molecular weight is 538 g/mol. The Hall–Kier alpha value is -2.94. The zero-order chi connectivity index (χ0) is 27.5. The first-order valence-corrected chi connectivity index (χ1v) is 14.6. The predicted octanol–water partition coefficient (Wildman–Crippen LogP) is 3.27. The molecule has 0 spiro atoms. The second-order valence-corrected chi connectivity index (χ2v) is 12.4. The van der Waals surface area contributed by atoms with Gasteiger partial charge in [0.2, 0.25) is 17.7 Å². The Morgan fingerprint density at radius 3 is 2.51 bits per heavy atom. The Kier molecular flexibility index (Phi) is 6.68. The summed E-state index contributed by atoms with van der Waals surface area (Å²) in [4.78, 5) is 48.1. The third-order valence-corrected chi connectivity index (χ3v) is 10.2. The molecule has 0 bridgehead atoms. The molecule has 4 fully saturated rings. The summed E-state index contributed by atoms with van der Waals surface area (Å²) in [5.74, 6) is -1.21. The number of nitrogens with two attached hydrogens (primary N) is 1. The van der Waals surface area contributed by atoms with Crippen LogP contribution in [0, 0.1) is 23.6 Å². The van der Waals surface area contributed by atoms with E-state index >= 15 is 0 Å². The molecule has 2 aliphatic heterocycles. The number of carbonyl (C=O) groups excluding carboxylic acids is 3. The van der Waals surface area contributed by atoms with Crippen molar-refractivity contribution in [3.05, 3.63) is 35.8 Å². The van der Waals surface area contributed by atoms with Crippen molar-refractivity contribution in [3.63, 3.8) is 0 Å². The number of likely N-dealkylation sites (N-methyl/N-ethyl adjacent to an activating group) is 1. The van der Waals surface area contributed by atoms with E-state index in [1.165, 1.54) is 12.1 Å². The maximum Gasteiger partial charge on any atom is 0.238 e. The van der Waals surface area contributed by atoms with Gasteiger partial charge in [0.1, 0.15) is 11.4 Å². The van der Waals surface area contributed by atoms with Crippen molar-refractivity contribution in [1.29, 1.82) is 0 Å². The van der Waals surface area contributed by atoms with Crippen molar-refractivity contribution in [2.75, 3.05) is 20.1 Å². The number of rotatable bonds is 7. The summed E-state index contributed by atoms with van der Waals surface area (Å²) in [7, 11) is 1.71. The molecule has 9 heteroatoms. The lowest BCUT2D eigenvalue weighted by atomic mass is 9.69. The molecule has 3 heterocycles. The van der Waals surface area contributed by atoms with Crippen LogP contribution in [0.25, 0.3) is 10.9 Å². The monoisotopic (exact) mass is 537 g/mol. The average Bonchev–Trinajstić information content (AvgIpc) is 3.40. The SMILES string of the molecule is CNC(C)(C(N)=O)C(C(=O)N1CCC2C1C(c1c[nH]c3cc(F)ccc13)CN2C(=O)C1CC1)C1CCCCC1. The number of likely N-dealkylation sites (tertiary alicyclic amines) is 2. The van der Waals surface area contributed by atoms with Crippen LogP contribution in [0.15, 0.2) is 24.4 Å². The topological polar surface area (TPSA) is 112 Å². The van der Waals surface area contributed by atoms with Crippen LogP contribution in [0.3, 0.4) is 0 Å². The second-order valence-electron chi connectivity index (χ2n) is 12.4. The summed E-state index contributed by atoms with van der Waals surface area (Å²) in [6, 6.07) is 4.46. The molecule has 5 atom stereocenters. The summed E-state index contributed by atoms with van der Waals surface area (Å²) < 4.78 is 14.0. The fraction of sp³-hybridized carbons (Fsp3) is 0.633. The number of H-pyrrole nitrogens is 1. The Bertz CT molecular complexity index is 1280. The number of nitrogens with zero attached hydrogens (tertiary/aromatic N) is 2. The molecule has 1 aromatic heterocycles. The number of amides is 3. The number of nitrogens with one attached hydrogen (secondary N) is 2. The molecule has 2 saturated heterocycles. The zero-order valence-corrected chi connectivity index (χ0v) is 22.9. The minimum atomic E-state index is -1.17. The van der Waals surface area contributed by atoms with Crippen LogP contribution in [-0.4, -0.2) is 70.3 Å². The maximum atomic E-state index is 14.7. The van der Waals surface area contributed by atoms with Crippen LogP contribution in [0.1, 0.15) is 69.8 Å². The minimum absolute atomic E-state index is 0.0401. The Morgan fingerprint density at radius 2 is 1.85 bits per heavy atom. The summed E-state index contributed by atoms with van der Waals surface area (Å²) in [6.45, 7) is 2.84. The number of halogens is 1. The Labute approximate surface area is 228 Å². The third kappa shape index (κ3) is 4.33. The first-order valence-electron chi connectivity index (χ1n) is 14.6. The van der Waals surface area contributed by atoms with E-state index in [4.69, 9.17) is 5.73 Å². The van der Waals surface area contributed by atoms with Gasteiger partial charge in [-0.3, -0.25) is 14.4 Å². The lowest BCUT2D eigenvalue weighted by Crippen LogP contribution is -2.63. The van der Waals surface area contributed by atoms with Gasteiger partial charge in [0.25, 0.3) is 0 Å². The number of primary amides is 1. The fourth-order valence-corrected chi connectivity index (χ4v) is 7.86. The van der Waals surface area contributed by atoms with E-state index in [-0.39, 0.29) is 47.5 Å². The van der Waals surface area contributed by atoms with Crippen LogP contribution < -0.4 is 11.1 Å². The molecular formula is C30H40FN5O3. The summed E-state index contributed by atoms with van der Waals surface area (Å²) in [5.41, 5.74) is 6.49. The van der Waals surface area contributed by atoms with Crippen LogP contribution in [0.4, 0.5) is 4.39 Å². The normalized spacial score (nSPS) is 27.9. The highest BCUT2D eigenvalue weighted by Crippen LogP contribution is 2.47. The van der Waals surface area contributed by atoms with E-state index in [1.807, 2.05) is 16.0 Å². The van der Waals surface area contributed by atoms with Crippen molar-refractivity contribution >= 4 is 28.6 Å². The van der Waals surface area contributed by atoms with Gasteiger partial charge in [0, 0.05) is 42.0 Å². The number of aromatic amines is 1. The second kappa shape index (κ2) is 9.91. The largest absolute Gasteiger partial charge is 0.368 e. The summed E-state index contributed by atoms with van der Waals surface area (Å²) in [5, 5.41) is 4.05. The van der Waals surface area contributed by atoms with E-state index in [0.29, 0.717) is 25.0 Å². The van der Waals surface area contributed by atoms with Crippen LogP contribution >= 0.6 is 0 Å². The third-order valence-electron chi connectivity index (χ3n) is 10.2. The lowest BCUT2D eigenvalue weighted by Gasteiger charge is -2.43. The van der Waals surface area contributed by atoms with Gasteiger partial charge in [0.05, 0.1) is 18.0 Å². The number of hydrogen-bond acceptors (Lipinski definition) is 4. The smallest absolute Gasteiger partial charge is 0.238 e. The van der Waals surface area contributed by atoms with Crippen molar-refractivity contribution in [1.82, 2.24) is 20.1 Å². The number of fused-ring (bicyclic) bond motifs is 2. The molecule has 210 valence electrons. The van der Waals surface area contributed by atoms with Crippen LogP contribution in [0.2, 0.25) is 0 Å². The van der Waals surface area contributed by atoms with Crippen molar-refractivity contribution < 1.29 is 18.8 Å². The molecule has 1 aromatic carbocycles. The highest BCUT2D eigenvalue weighted by molar-refractivity contribution is 5.93. The van der Waals surface area contributed by atoms with Crippen LogP contribution in [0.5, 0.6) is 0 Å². The van der Waals surface area contributed by atoms with Gasteiger partial charge < -0.3 is 25.8 Å². The minimum Gasteiger partial charge on any atom is -0.368 e. The van der Waals surface area contributed by atoms with E-state index in [1.54, 1.807) is 20.0 Å². The van der Waals surface area contributed by atoms with E-state index in [2.05, 4.69) is 10.3 Å². The molecule has 4 N–H and O–H groups in total. The molecule has 2 saturated carbocycles. The molecule has 8 nitrogen and oxygen atoms in total. The molecule has 6 rings (SSSR count). The maximum absolute atomic E-state index is 14.7. The number of aromatic nitrogens is 1. The number of carbonyl (C=O) groups is 3. The van der Waals surface area contributed by atoms with Crippen molar-refractivity contribution in [2.24, 2.45) is 23.5 Å². The van der Waals surface area contributed by atoms with E-state index < -0.39 is 17.4 Å². The number of benzene rings is 1. The van der Waals surface area contributed by atoms with Gasteiger partial charge in [-0.15, -0.1) is 0 Å². The Balaban J connectivity index is 1.40. The van der Waals surface area contributed by atoms with Gasteiger partial charge in [0.15, 0.2) is 0 Å². The Morgan fingerprint density at radius 1 is 1.10 bits per heavy atom. The predicted molar refractivity (Wildman–Crippen MR) is 146 cm³/mol. The van der Waals surface area contributed by atoms with Gasteiger partial charge in [-0.1, -0.05) is 19.3 Å². The molecular weight excluding hydrogens is 497 g/mol. The zero-order valence-electron chi connectivity index (χ0n) is 22.9. The van der Waals surface area contributed by atoms with E-state index in [0.717, 1.165) is 55.9 Å². The summed E-state index contributed by atoms with van der Waals surface area (Å²) >= 11 is 0. The standard InChI is InChI=1S/C30H40FN5O3/c1-30(33-2,29(32)39)25(17-6-4-3-5-7-17)28(38)35-13-12-24-26(35)22(16-36(24)27(37)18-8-9-18)21-15-34-23-14-19(31)10-11-20(21)23/h10-11,14-15,17-18,22,24-26,33-34H,3-9,12-13,16H2,1-2H3,(H2,32,39). The summed E-state index contributed by atoms with van der Waals surface area (Å²) in [6.07, 6.45) is 9.49. The first-order chi connectivity index (χ1) is 18.7. The highest BCUT2D eigenvalue weighted by Gasteiger charge is 2.57. The van der Waals surface area contributed by atoms with Gasteiger partial charge in [-0.25, -0.2) is 4.39 Å². The molecule has 2 aromatic rings. The van der Waals surface area contributed by atoms with Crippen molar-refractivity contribution in [3.8, 4) is 0 Å². The molecule has 4 aliphatic rings. The first kappa shape index (κ1) is 26.3. The molecule has 2 aliphatic carbocycles. The van der Waals surface area contributed by atoms with Crippen molar-refractivity contribution in [2.45, 2.75) is 81.8 Å². The lowest BCUT2D eigenvalue weighted by molar-refractivity contribution is -0.147. The molecule has 3 amide bonds. The van der Waals surface area contributed by atoms with Crippen LogP contribution in [-0.2, 0) is 14.4 Å². The van der Waals surface area contributed by atoms with Gasteiger partial charge in [-0.2, -0.15) is 0 Å².